The summed E-state index contributed by atoms with van der Waals surface area (Å²) in [5.41, 5.74) is 0.986. The van der Waals surface area contributed by atoms with Crippen molar-refractivity contribution in [3.05, 3.63) is 48.0 Å². The fourth-order valence-electron chi connectivity index (χ4n) is 2.67. The molecule has 0 bridgehead atoms. The average Bonchev–Trinajstić information content (AvgIpc) is 3.00. The largest absolute Gasteiger partial charge is 0.497 e. The van der Waals surface area contributed by atoms with E-state index >= 15 is 0 Å². The Hall–Kier alpha value is -2.30. The first-order valence-electron chi connectivity index (χ1n) is 8.02. The molecule has 1 N–H and O–H groups in total. The summed E-state index contributed by atoms with van der Waals surface area (Å²) in [7, 11) is 3.57. The molecule has 0 saturated carbocycles. The molecule has 0 fully saturated rings. The molecule has 0 radical (unpaired) electrons. The monoisotopic (exact) mass is 315 g/mol. The lowest BCUT2D eigenvalue weighted by molar-refractivity contribution is -0.125. The van der Waals surface area contributed by atoms with Crippen molar-refractivity contribution in [1.29, 1.82) is 0 Å². The predicted octanol–water partition coefficient (Wildman–Crippen LogP) is 3.07. The van der Waals surface area contributed by atoms with Crippen molar-refractivity contribution in [2.45, 2.75) is 32.7 Å². The molecular weight excluding hydrogens is 290 g/mol. The zero-order valence-electron chi connectivity index (χ0n) is 14.2. The summed E-state index contributed by atoms with van der Waals surface area (Å²) < 4.78 is 7.14. The van der Waals surface area contributed by atoms with Crippen molar-refractivity contribution in [1.82, 2.24) is 14.9 Å². The molecule has 1 aromatic heterocycles. The van der Waals surface area contributed by atoms with Gasteiger partial charge in [0.1, 0.15) is 17.6 Å². The van der Waals surface area contributed by atoms with Gasteiger partial charge >= 0.3 is 0 Å². The van der Waals surface area contributed by atoms with Crippen molar-refractivity contribution >= 4 is 5.91 Å². The van der Waals surface area contributed by atoms with Gasteiger partial charge in [0.05, 0.1) is 7.11 Å². The van der Waals surface area contributed by atoms with Gasteiger partial charge in [-0.3, -0.25) is 4.79 Å². The number of rotatable bonds is 7. The number of carbonyl (C=O) groups is 1. The molecule has 1 amide bonds. The maximum atomic E-state index is 12.5. The van der Waals surface area contributed by atoms with Crippen molar-refractivity contribution < 1.29 is 9.53 Å². The van der Waals surface area contributed by atoms with Crippen LogP contribution < -0.4 is 10.1 Å². The van der Waals surface area contributed by atoms with Crippen LogP contribution in [0.2, 0.25) is 0 Å². The van der Waals surface area contributed by atoms with Crippen molar-refractivity contribution in [3.8, 4) is 5.75 Å². The number of amides is 1. The molecular formula is C18H25N3O2. The Balaban J connectivity index is 2.32. The number of aromatic nitrogens is 2. The molecule has 2 aromatic rings. The second-order valence-corrected chi connectivity index (χ2v) is 5.62. The molecule has 0 aliphatic carbocycles. The molecule has 1 unspecified atom stereocenters. The Morgan fingerprint density at radius 2 is 1.91 bits per heavy atom. The first-order valence-corrected chi connectivity index (χ1v) is 8.02. The summed E-state index contributed by atoms with van der Waals surface area (Å²) in [4.78, 5) is 17.0. The molecule has 124 valence electrons. The van der Waals surface area contributed by atoms with E-state index in [1.165, 1.54) is 0 Å². The highest BCUT2D eigenvalue weighted by atomic mass is 16.5. The summed E-state index contributed by atoms with van der Waals surface area (Å²) >= 11 is 0. The van der Waals surface area contributed by atoms with Crippen LogP contribution in [0.3, 0.4) is 0 Å². The molecule has 1 aromatic carbocycles. The van der Waals surface area contributed by atoms with Crippen LogP contribution in [-0.2, 0) is 11.8 Å². The number of ether oxygens (including phenoxy) is 1. The van der Waals surface area contributed by atoms with Gasteiger partial charge in [0.15, 0.2) is 0 Å². The van der Waals surface area contributed by atoms with Gasteiger partial charge in [-0.15, -0.1) is 0 Å². The van der Waals surface area contributed by atoms with E-state index in [1.807, 2.05) is 55.9 Å². The van der Waals surface area contributed by atoms with Crippen LogP contribution in [0.5, 0.6) is 5.75 Å². The highest BCUT2D eigenvalue weighted by molar-refractivity contribution is 5.79. The maximum absolute atomic E-state index is 12.5. The second kappa shape index (κ2) is 7.81. The number of methoxy groups -OCH3 is 1. The minimum Gasteiger partial charge on any atom is -0.497 e. The van der Waals surface area contributed by atoms with Crippen molar-refractivity contribution in [3.63, 3.8) is 0 Å². The fraction of sp³-hybridized carbons (Fsp3) is 0.444. The van der Waals surface area contributed by atoms with E-state index in [1.54, 1.807) is 13.3 Å². The van der Waals surface area contributed by atoms with Crippen LogP contribution in [-0.4, -0.2) is 22.6 Å². The highest BCUT2D eigenvalue weighted by Gasteiger charge is 2.23. The Morgan fingerprint density at radius 3 is 2.39 bits per heavy atom. The Labute approximate surface area is 137 Å². The van der Waals surface area contributed by atoms with Crippen LogP contribution in [0.1, 0.15) is 44.1 Å². The zero-order valence-corrected chi connectivity index (χ0v) is 14.2. The second-order valence-electron chi connectivity index (χ2n) is 5.62. The molecule has 23 heavy (non-hydrogen) atoms. The SMILES string of the molecule is CCC(CC)C(=O)NC(c1ccc(OC)cc1)c1nccn1C. The van der Waals surface area contributed by atoms with Crippen LogP contribution in [0.15, 0.2) is 36.7 Å². The topological polar surface area (TPSA) is 56.1 Å². The lowest BCUT2D eigenvalue weighted by atomic mass is 10.00. The van der Waals surface area contributed by atoms with E-state index in [0.717, 1.165) is 30.0 Å². The Kier molecular flexibility index (Phi) is 5.79. The number of aryl methyl sites for hydroxylation is 1. The smallest absolute Gasteiger partial charge is 0.223 e. The number of imidazole rings is 1. The van der Waals surface area contributed by atoms with Gasteiger partial charge in [-0.25, -0.2) is 4.98 Å². The van der Waals surface area contributed by atoms with E-state index < -0.39 is 0 Å². The zero-order chi connectivity index (χ0) is 16.8. The lowest BCUT2D eigenvalue weighted by Gasteiger charge is -2.22. The number of nitrogens with zero attached hydrogens (tertiary/aromatic N) is 2. The fourth-order valence-corrected chi connectivity index (χ4v) is 2.67. The van der Waals surface area contributed by atoms with Crippen LogP contribution in [0.4, 0.5) is 0 Å². The number of hydrogen-bond acceptors (Lipinski definition) is 3. The van der Waals surface area contributed by atoms with Crippen LogP contribution in [0, 0.1) is 5.92 Å². The van der Waals surface area contributed by atoms with E-state index in [2.05, 4.69) is 10.3 Å². The quantitative estimate of drug-likeness (QED) is 0.854. The summed E-state index contributed by atoms with van der Waals surface area (Å²) in [6, 6.07) is 7.45. The van der Waals surface area contributed by atoms with E-state index in [4.69, 9.17) is 4.74 Å². The number of carbonyl (C=O) groups excluding carboxylic acids is 1. The Morgan fingerprint density at radius 1 is 1.26 bits per heavy atom. The molecule has 5 heteroatoms. The average molecular weight is 315 g/mol. The standard InChI is InChI=1S/C18H25N3O2/c1-5-13(6-2)18(22)20-16(17-19-11-12-21(17)3)14-7-9-15(23-4)10-8-14/h7-13,16H,5-6H2,1-4H3,(H,20,22). The minimum absolute atomic E-state index is 0.0241. The third kappa shape index (κ3) is 3.92. The lowest BCUT2D eigenvalue weighted by Crippen LogP contribution is -2.35. The molecule has 0 aliphatic heterocycles. The van der Waals surface area contributed by atoms with Gasteiger partial charge in [-0.2, -0.15) is 0 Å². The number of benzene rings is 1. The van der Waals surface area contributed by atoms with Gasteiger partial charge < -0.3 is 14.6 Å². The molecule has 0 saturated heterocycles. The number of hydrogen-bond donors (Lipinski definition) is 1. The number of nitrogens with one attached hydrogen (secondary N) is 1. The van der Waals surface area contributed by atoms with Crippen molar-refractivity contribution in [2.24, 2.45) is 13.0 Å². The van der Waals surface area contributed by atoms with Crippen LogP contribution in [0.25, 0.3) is 0 Å². The molecule has 1 atom stereocenters. The summed E-state index contributed by atoms with van der Waals surface area (Å²) in [6.45, 7) is 4.08. The molecule has 5 nitrogen and oxygen atoms in total. The normalized spacial score (nSPS) is 12.2. The predicted molar refractivity (Wildman–Crippen MR) is 90.3 cm³/mol. The minimum atomic E-state index is -0.269. The molecule has 2 rings (SSSR count). The maximum Gasteiger partial charge on any atom is 0.223 e. The van der Waals surface area contributed by atoms with Gasteiger partial charge in [-0.1, -0.05) is 26.0 Å². The summed E-state index contributed by atoms with van der Waals surface area (Å²) in [5.74, 6) is 1.70. The van der Waals surface area contributed by atoms with Gasteiger partial charge in [-0.05, 0) is 30.5 Å². The third-order valence-electron chi connectivity index (χ3n) is 4.21. The van der Waals surface area contributed by atoms with Crippen LogP contribution >= 0.6 is 0 Å². The van der Waals surface area contributed by atoms with Gasteiger partial charge in [0, 0.05) is 25.4 Å². The summed E-state index contributed by atoms with van der Waals surface area (Å²) in [5, 5.41) is 3.15. The van der Waals surface area contributed by atoms with Gasteiger partial charge in [0.25, 0.3) is 0 Å². The summed E-state index contributed by atoms with van der Waals surface area (Å²) in [6.07, 6.45) is 5.29. The molecule has 0 aliphatic rings. The first kappa shape index (κ1) is 17.1. The first-order chi connectivity index (χ1) is 11.1. The van der Waals surface area contributed by atoms with Gasteiger partial charge in [0.2, 0.25) is 5.91 Å². The highest BCUT2D eigenvalue weighted by Crippen LogP contribution is 2.24. The molecule has 1 heterocycles. The van der Waals surface area contributed by atoms with Crippen molar-refractivity contribution in [2.75, 3.05) is 7.11 Å². The van der Waals surface area contributed by atoms with E-state index in [0.29, 0.717) is 0 Å². The Bertz CT molecular complexity index is 630. The van der Waals surface area contributed by atoms with E-state index in [9.17, 15) is 4.79 Å². The third-order valence-corrected chi connectivity index (χ3v) is 4.21. The molecule has 0 spiro atoms. The van der Waals surface area contributed by atoms with E-state index in [-0.39, 0.29) is 17.9 Å².